The van der Waals surface area contributed by atoms with Crippen molar-refractivity contribution < 1.29 is 27.3 Å². The van der Waals surface area contributed by atoms with E-state index in [1.807, 2.05) is 66.7 Å². The van der Waals surface area contributed by atoms with Crippen LogP contribution in [0.4, 0.5) is 13.2 Å². The fourth-order valence-electron chi connectivity index (χ4n) is 4.96. The van der Waals surface area contributed by atoms with Crippen molar-refractivity contribution in [3.8, 4) is 17.5 Å². The summed E-state index contributed by atoms with van der Waals surface area (Å²) in [7, 11) is 0. The van der Waals surface area contributed by atoms with Gasteiger partial charge in [-0.2, -0.15) is 23.4 Å². The Balaban J connectivity index is 0.000000167. The van der Waals surface area contributed by atoms with Crippen LogP contribution < -0.4 is 0 Å². The fourth-order valence-corrected chi connectivity index (χ4v) is 4.96. The van der Waals surface area contributed by atoms with Crippen molar-refractivity contribution in [2.75, 3.05) is 0 Å². The number of amides is 2. The minimum Gasteiger partial charge on any atom is -0.329 e. The lowest BCUT2D eigenvalue weighted by Crippen LogP contribution is -2.23. The van der Waals surface area contributed by atoms with Crippen molar-refractivity contribution in [2.24, 2.45) is 0 Å². The molecule has 5 aromatic rings. The zero-order chi connectivity index (χ0) is 31.6. The molecular formula is C32H22F3N7O3. The van der Waals surface area contributed by atoms with Gasteiger partial charge in [-0.15, -0.1) is 0 Å². The Kier molecular flexibility index (Phi) is 7.78. The number of nitriles is 1. The van der Waals surface area contributed by atoms with Gasteiger partial charge in [-0.3, -0.25) is 19.6 Å². The van der Waals surface area contributed by atoms with E-state index in [1.165, 1.54) is 18.5 Å². The van der Waals surface area contributed by atoms with Gasteiger partial charge in [0, 0.05) is 31.0 Å². The van der Waals surface area contributed by atoms with Crippen molar-refractivity contribution in [1.29, 1.82) is 5.26 Å². The Bertz CT molecular complexity index is 1920. The van der Waals surface area contributed by atoms with Crippen LogP contribution in [0.1, 0.15) is 54.7 Å². The normalized spacial score (nSPS) is 13.6. The fraction of sp³-hybridized carbons (Fsp3) is 0.156. The molecule has 45 heavy (non-hydrogen) atoms. The molecule has 0 unspecified atom stereocenters. The number of fused-ring (bicyclic) bond motifs is 2. The molecule has 0 saturated heterocycles. The van der Waals surface area contributed by atoms with Crippen LogP contribution in [-0.4, -0.2) is 41.7 Å². The van der Waals surface area contributed by atoms with Gasteiger partial charge in [0.2, 0.25) is 5.82 Å². The molecule has 3 aromatic heterocycles. The van der Waals surface area contributed by atoms with Gasteiger partial charge in [0.05, 0.1) is 41.2 Å². The first-order valence-corrected chi connectivity index (χ1v) is 13.6. The summed E-state index contributed by atoms with van der Waals surface area (Å²) in [5.41, 5.74) is 4.87. The molecule has 13 heteroatoms. The van der Waals surface area contributed by atoms with E-state index >= 15 is 0 Å². The van der Waals surface area contributed by atoms with Gasteiger partial charge < -0.3 is 14.3 Å². The number of halogens is 3. The Morgan fingerprint density at radius 3 is 1.84 bits per heavy atom. The summed E-state index contributed by atoms with van der Waals surface area (Å²) < 4.78 is 42.0. The van der Waals surface area contributed by atoms with Crippen molar-refractivity contribution in [3.63, 3.8) is 0 Å². The molecule has 0 spiro atoms. The standard InChI is InChI=1S/C17H11F3N4O2.C15H11N3O/c18-17(19,20)16-22-14(23-26-16)11-6-12-13(21-7-11)9-24(15(12)25)8-10-4-2-1-3-5-10;16-7-12-6-13-14(17-8-12)10-18(15(13)19)9-11-4-2-1-3-5-11/h1-7H,8-9H2;1-6,8H,9-10H2. The number of rotatable bonds is 5. The number of hydrogen-bond donors (Lipinski definition) is 0. The summed E-state index contributed by atoms with van der Waals surface area (Å²) in [4.78, 5) is 39.9. The molecule has 2 amide bonds. The molecule has 10 nitrogen and oxygen atoms in total. The molecule has 0 saturated carbocycles. The van der Waals surface area contributed by atoms with E-state index in [2.05, 4.69) is 24.6 Å². The van der Waals surface area contributed by atoms with Gasteiger partial charge >= 0.3 is 12.1 Å². The van der Waals surface area contributed by atoms with Gasteiger partial charge in [-0.1, -0.05) is 65.8 Å². The zero-order valence-corrected chi connectivity index (χ0v) is 23.4. The van der Waals surface area contributed by atoms with Gasteiger partial charge in [-0.25, -0.2) is 0 Å². The lowest BCUT2D eigenvalue weighted by atomic mass is 10.1. The number of carbonyl (C=O) groups excluding carboxylic acids is 2. The van der Waals surface area contributed by atoms with E-state index in [4.69, 9.17) is 5.26 Å². The van der Waals surface area contributed by atoms with E-state index in [0.29, 0.717) is 48.6 Å². The van der Waals surface area contributed by atoms with Gasteiger partial charge in [0.15, 0.2) is 0 Å². The van der Waals surface area contributed by atoms with E-state index in [1.54, 1.807) is 15.9 Å². The molecule has 2 aliphatic heterocycles. The first kappa shape index (κ1) is 29.2. The number of pyridine rings is 2. The average Bonchev–Trinajstić information content (AvgIpc) is 3.75. The van der Waals surface area contributed by atoms with E-state index in [9.17, 15) is 22.8 Å². The highest BCUT2D eigenvalue weighted by Gasteiger charge is 2.39. The predicted octanol–water partition coefficient (Wildman–Crippen LogP) is 5.42. The number of carbonyl (C=O) groups is 2. The summed E-state index contributed by atoms with van der Waals surface area (Å²) >= 11 is 0. The largest absolute Gasteiger partial charge is 0.471 e. The van der Waals surface area contributed by atoms with Crippen molar-refractivity contribution >= 4 is 11.8 Å². The molecule has 0 atom stereocenters. The number of benzene rings is 2. The maximum Gasteiger partial charge on any atom is 0.471 e. The van der Waals surface area contributed by atoms with Crippen molar-refractivity contribution in [2.45, 2.75) is 32.4 Å². The average molecular weight is 610 g/mol. The quantitative estimate of drug-likeness (QED) is 0.259. The molecule has 0 N–H and O–H groups in total. The van der Waals surface area contributed by atoms with Gasteiger partial charge in [0.1, 0.15) is 6.07 Å². The van der Waals surface area contributed by atoms with Crippen molar-refractivity contribution in [1.82, 2.24) is 29.9 Å². The highest BCUT2D eigenvalue weighted by atomic mass is 19.4. The second-order valence-corrected chi connectivity index (χ2v) is 10.3. The summed E-state index contributed by atoms with van der Waals surface area (Å²) in [6, 6.07) is 24.4. The molecule has 224 valence electrons. The number of hydrogen-bond acceptors (Lipinski definition) is 8. The first-order chi connectivity index (χ1) is 21.7. The number of aromatic nitrogens is 4. The smallest absolute Gasteiger partial charge is 0.329 e. The summed E-state index contributed by atoms with van der Waals surface area (Å²) in [6.45, 7) is 1.84. The van der Waals surface area contributed by atoms with Crippen LogP contribution in [0.25, 0.3) is 11.4 Å². The summed E-state index contributed by atoms with van der Waals surface area (Å²) in [5, 5.41) is 12.2. The molecule has 0 radical (unpaired) electrons. The van der Waals surface area contributed by atoms with E-state index in [0.717, 1.165) is 16.8 Å². The maximum atomic E-state index is 12.6. The third-order valence-corrected chi connectivity index (χ3v) is 7.15. The second-order valence-electron chi connectivity index (χ2n) is 10.3. The summed E-state index contributed by atoms with van der Waals surface area (Å²) in [5.74, 6) is -1.99. The lowest BCUT2D eigenvalue weighted by molar-refractivity contribution is -0.159. The maximum absolute atomic E-state index is 12.6. The lowest BCUT2D eigenvalue weighted by Gasteiger charge is -2.14. The molecule has 5 heterocycles. The molecular weight excluding hydrogens is 587 g/mol. The molecule has 0 fully saturated rings. The first-order valence-electron chi connectivity index (χ1n) is 13.6. The Morgan fingerprint density at radius 2 is 1.33 bits per heavy atom. The second kappa shape index (κ2) is 12.0. The molecule has 2 aliphatic rings. The van der Waals surface area contributed by atoms with Crippen LogP contribution >= 0.6 is 0 Å². The Morgan fingerprint density at radius 1 is 0.800 bits per heavy atom. The SMILES string of the molecule is N#Cc1cnc2c(c1)C(=O)N(Cc1ccccc1)C2.O=C1c2cc(-c3noc(C(F)(F)F)n3)cnc2CN1Cc1ccccc1. The highest BCUT2D eigenvalue weighted by molar-refractivity contribution is 5.99. The molecule has 0 aliphatic carbocycles. The highest BCUT2D eigenvalue weighted by Crippen LogP contribution is 2.31. The topological polar surface area (TPSA) is 129 Å². The number of alkyl halides is 3. The van der Waals surface area contributed by atoms with E-state index < -0.39 is 12.1 Å². The summed E-state index contributed by atoms with van der Waals surface area (Å²) in [6.07, 6.45) is -1.88. The van der Waals surface area contributed by atoms with Gasteiger partial charge in [0.25, 0.3) is 11.8 Å². The monoisotopic (exact) mass is 609 g/mol. The molecule has 0 bridgehead atoms. The van der Waals surface area contributed by atoms with E-state index in [-0.39, 0.29) is 23.2 Å². The zero-order valence-electron chi connectivity index (χ0n) is 23.4. The Labute approximate surface area is 254 Å². The minimum atomic E-state index is -4.72. The molecule has 2 aromatic carbocycles. The van der Waals surface area contributed by atoms with Crippen LogP contribution in [0.5, 0.6) is 0 Å². The molecule has 7 rings (SSSR count). The van der Waals surface area contributed by atoms with Crippen molar-refractivity contribution in [3.05, 3.63) is 130 Å². The van der Waals surface area contributed by atoms with Crippen LogP contribution in [0.15, 0.2) is 89.7 Å². The van der Waals surface area contributed by atoms with Crippen LogP contribution in [0.2, 0.25) is 0 Å². The van der Waals surface area contributed by atoms with Crippen LogP contribution in [-0.2, 0) is 32.4 Å². The Hall–Kier alpha value is -5.90. The number of nitrogens with zero attached hydrogens (tertiary/aromatic N) is 7. The minimum absolute atomic E-state index is 0.0524. The van der Waals surface area contributed by atoms with Crippen LogP contribution in [0, 0.1) is 11.3 Å². The van der Waals surface area contributed by atoms with Gasteiger partial charge in [-0.05, 0) is 23.3 Å². The van der Waals surface area contributed by atoms with Crippen LogP contribution in [0.3, 0.4) is 0 Å². The third-order valence-electron chi connectivity index (χ3n) is 7.15. The predicted molar refractivity (Wildman–Crippen MR) is 152 cm³/mol. The third kappa shape index (κ3) is 6.25.